The topological polar surface area (TPSA) is 18.8 Å². The molecule has 0 aromatic rings. The van der Waals surface area contributed by atoms with Crippen LogP contribution in [0.5, 0.6) is 0 Å². The smallest absolute Gasteiger partial charge is 0.195 e. The van der Waals surface area contributed by atoms with Crippen molar-refractivity contribution < 1.29 is 0 Å². The second-order valence-electron chi connectivity index (χ2n) is 5.78. The maximum atomic E-state index is 4.74. The second kappa shape index (κ2) is 6.25. The van der Waals surface area contributed by atoms with Crippen molar-refractivity contribution in [2.45, 2.75) is 25.7 Å². The van der Waals surface area contributed by atoms with Crippen molar-refractivity contribution in [3.63, 3.8) is 0 Å². The summed E-state index contributed by atoms with van der Waals surface area (Å²) in [6.07, 6.45) is 5.87. The normalized spacial score (nSPS) is 26.6. The quantitative estimate of drug-likeness (QED) is 0.442. The van der Waals surface area contributed by atoms with E-state index < -0.39 is 0 Å². The third-order valence-corrected chi connectivity index (χ3v) is 4.00. The van der Waals surface area contributed by atoms with E-state index in [1.165, 1.54) is 25.7 Å². The Morgan fingerprint density at radius 1 is 1.12 bits per heavy atom. The Morgan fingerprint density at radius 2 is 1.71 bits per heavy atom. The van der Waals surface area contributed by atoms with E-state index >= 15 is 0 Å². The maximum absolute atomic E-state index is 4.74. The Hall–Kier alpha value is 0. The van der Waals surface area contributed by atoms with Crippen molar-refractivity contribution >= 4 is 29.9 Å². The lowest BCUT2D eigenvalue weighted by atomic mass is 9.81. The standard InChI is InChI=1S/C13H25N3.HI/c1-15(2)13(16(3)4)14-9-11-8-12(11)10-6-5-7-10;/h10-12H,5-9H2,1-4H3;1H/t11-,12-;/m0./s1. The summed E-state index contributed by atoms with van der Waals surface area (Å²) in [5.74, 6) is 4.06. The van der Waals surface area contributed by atoms with Gasteiger partial charge >= 0.3 is 0 Å². The molecule has 0 heterocycles. The van der Waals surface area contributed by atoms with Crippen LogP contribution in [0.15, 0.2) is 4.99 Å². The lowest BCUT2D eigenvalue weighted by molar-refractivity contribution is 0.266. The molecule has 0 bridgehead atoms. The van der Waals surface area contributed by atoms with Crippen molar-refractivity contribution in [3.8, 4) is 0 Å². The van der Waals surface area contributed by atoms with Crippen LogP contribution in [0.25, 0.3) is 0 Å². The highest BCUT2D eigenvalue weighted by Crippen LogP contribution is 2.51. The van der Waals surface area contributed by atoms with Gasteiger partial charge < -0.3 is 9.80 Å². The molecule has 2 rings (SSSR count). The summed E-state index contributed by atoms with van der Waals surface area (Å²) in [5, 5.41) is 0. The summed E-state index contributed by atoms with van der Waals surface area (Å²) in [6.45, 7) is 1.03. The minimum atomic E-state index is 0. The molecule has 2 aliphatic rings. The van der Waals surface area contributed by atoms with E-state index in [-0.39, 0.29) is 24.0 Å². The Balaban J connectivity index is 0.00000144. The highest BCUT2D eigenvalue weighted by Gasteiger charge is 2.44. The van der Waals surface area contributed by atoms with Crippen LogP contribution >= 0.6 is 24.0 Å². The fourth-order valence-corrected chi connectivity index (χ4v) is 2.81. The molecular weight excluding hydrogens is 325 g/mol. The van der Waals surface area contributed by atoms with Gasteiger partial charge in [-0.2, -0.15) is 0 Å². The van der Waals surface area contributed by atoms with Gasteiger partial charge in [-0.15, -0.1) is 24.0 Å². The van der Waals surface area contributed by atoms with Gasteiger partial charge in [0, 0.05) is 34.7 Å². The first-order valence-corrected chi connectivity index (χ1v) is 6.48. The predicted octanol–water partition coefficient (Wildman–Crippen LogP) is 2.52. The summed E-state index contributed by atoms with van der Waals surface area (Å²) in [7, 11) is 8.26. The molecule has 4 heteroatoms. The molecule has 17 heavy (non-hydrogen) atoms. The van der Waals surface area contributed by atoms with Gasteiger partial charge in [0.15, 0.2) is 5.96 Å². The number of nitrogens with zero attached hydrogens (tertiary/aromatic N) is 3. The summed E-state index contributed by atoms with van der Waals surface area (Å²) < 4.78 is 0. The van der Waals surface area contributed by atoms with Crippen molar-refractivity contribution in [2.24, 2.45) is 22.7 Å². The van der Waals surface area contributed by atoms with Crippen LogP contribution in [0.1, 0.15) is 25.7 Å². The lowest BCUT2D eigenvalue weighted by Crippen LogP contribution is -2.35. The maximum Gasteiger partial charge on any atom is 0.195 e. The lowest BCUT2D eigenvalue weighted by Gasteiger charge is -2.25. The molecule has 2 fully saturated rings. The number of hydrogen-bond acceptors (Lipinski definition) is 1. The number of guanidine groups is 1. The summed E-state index contributed by atoms with van der Waals surface area (Å²) in [5.41, 5.74) is 0. The van der Waals surface area contributed by atoms with Gasteiger partial charge in [-0.1, -0.05) is 19.3 Å². The Bertz CT molecular complexity index is 262. The number of aliphatic imine (C=N–C) groups is 1. The fourth-order valence-electron chi connectivity index (χ4n) is 2.81. The Morgan fingerprint density at radius 3 is 2.12 bits per heavy atom. The highest BCUT2D eigenvalue weighted by atomic mass is 127. The molecule has 0 aromatic heterocycles. The van der Waals surface area contributed by atoms with Gasteiger partial charge in [-0.25, -0.2) is 0 Å². The SMILES string of the molecule is CN(C)C(=NC[C@@H]1C[C@H]1C1CCC1)N(C)C.I. The van der Waals surface area contributed by atoms with Crippen molar-refractivity contribution in [1.82, 2.24) is 9.80 Å². The van der Waals surface area contributed by atoms with Crippen molar-refractivity contribution in [2.75, 3.05) is 34.7 Å². The molecule has 0 spiro atoms. The van der Waals surface area contributed by atoms with Crippen LogP contribution in [0.2, 0.25) is 0 Å². The van der Waals surface area contributed by atoms with E-state index in [9.17, 15) is 0 Å². The first-order chi connectivity index (χ1) is 7.59. The fraction of sp³-hybridized carbons (Fsp3) is 0.923. The first-order valence-electron chi connectivity index (χ1n) is 6.48. The summed E-state index contributed by atoms with van der Waals surface area (Å²) in [6, 6.07) is 0. The Labute approximate surface area is 123 Å². The van der Waals surface area contributed by atoms with Crippen LogP contribution in [0, 0.1) is 17.8 Å². The van der Waals surface area contributed by atoms with Gasteiger partial charge in [0.1, 0.15) is 0 Å². The summed E-state index contributed by atoms with van der Waals surface area (Å²) in [4.78, 5) is 8.94. The van der Waals surface area contributed by atoms with E-state index in [1.807, 2.05) is 0 Å². The molecular formula is C13H26IN3. The van der Waals surface area contributed by atoms with E-state index in [1.54, 1.807) is 0 Å². The Kier molecular flexibility index (Phi) is 5.54. The zero-order chi connectivity index (χ0) is 11.7. The molecule has 0 saturated heterocycles. The van der Waals surface area contributed by atoms with Gasteiger partial charge in [-0.05, 0) is 24.2 Å². The van der Waals surface area contributed by atoms with E-state index in [0.29, 0.717) is 0 Å². The third kappa shape index (κ3) is 3.73. The molecule has 2 atom stereocenters. The zero-order valence-electron chi connectivity index (χ0n) is 11.5. The van der Waals surface area contributed by atoms with Crippen LogP contribution in [0.3, 0.4) is 0 Å². The molecule has 0 aromatic carbocycles. The molecule has 0 amide bonds. The minimum absolute atomic E-state index is 0. The first kappa shape index (κ1) is 15.1. The average molecular weight is 351 g/mol. The van der Waals surface area contributed by atoms with Crippen LogP contribution in [-0.2, 0) is 0 Å². The second-order valence-corrected chi connectivity index (χ2v) is 5.78. The average Bonchev–Trinajstić information content (AvgIpc) is 2.80. The van der Waals surface area contributed by atoms with Gasteiger partial charge in [0.2, 0.25) is 0 Å². The van der Waals surface area contributed by atoms with Crippen LogP contribution in [-0.4, -0.2) is 50.5 Å². The molecule has 0 aliphatic heterocycles. The van der Waals surface area contributed by atoms with E-state index in [4.69, 9.17) is 4.99 Å². The van der Waals surface area contributed by atoms with Gasteiger partial charge in [0.25, 0.3) is 0 Å². The highest BCUT2D eigenvalue weighted by molar-refractivity contribution is 14.0. The van der Waals surface area contributed by atoms with Crippen LogP contribution < -0.4 is 0 Å². The van der Waals surface area contributed by atoms with Gasteiger partial charge in [-0.3, -0.25) is 4.99 Å². The van der Waals surface area contributed by atoms with Crippen molar-refractivity contribution in [3.05, 3.63) is 0 Å². The molecule has 3 nitrogen and oxygen atoms in total. The number of halogens is 1. The van der Waals surface area contributed by atoms with E-state index in [0.717, 1.165) is 30.3 Å². The number of rotatable bonds is 3. The molecule has 2 aliphatic carbocycles. The molecule has 0 N–H and O–H groups in total. The number of hydrogen-bond donors (Lipinski definition) is 0. The molecule has 0 unspecified atom stereocenters. The molecule has 2 saturated carbocycles. The molecule has 100 valence electrons. The zero-order valence-corrected chi connectivity index (χ0v) is 13.8. The third-order valence-electron chi connectivity index (χ3n) is 4.00. The minimum Gasteiger partial charge on any atom is -0.349 e. The largest absolute Gasteiger partial charge is 0.349 e. The predicted molar refractivity (Wildman–Crippen MR) is 84.0 cm³/mol. The van der Waals surface area contributed by atoms with E-state index in [2.05, 4.69) is 38.0 Å². The molecule has 0 radical (unpaired) electrons. The van der Waals surface area contributed by atoms with Crippen LogP contribution in [0.4, 0.5) is 0 Å². The van der Waals surface area contributed by atoms with Crippen molar-refractivity contribution in [1.29, 1.82) is 0 Å². The van der Waals surface area contributed by atoms with Gasteiger partial charge in [0.05, 0.1) is 0 Å². The summed E-state index contributed by atoms with van der Waals surface area (Å²) >= 11 is 0. The monoisotopic (exact) mass is 351 g/mol.